The van der Waals surface area contributed by atoms with Crippen LogP contribution in [0.3, 0.4) is 0 Å². The number of imidazole rings is 1. The maximum atomic E-state index is 4.52. The molecule has 0 amide bonds. The lowest BCUT2D eigenvalue weighted by Crippen LogP contribution is -2.03. The number of aryl methyl sites for hydroxylation is 1. The highest BCUT2D eigenvalue weighted by Crippen LogP contribution is 2.18. The number of thiazole rings is 1. The van der Waals surface area contributed by atoms with Gasteiger partial charge in [-0.25, -0.2) is 9.97 Å². The van der Waals surface area contributed by atoms with Crippen molar-refractivity contribution in [3.8, 4) is 0 Å². The normalized spacial score (nSPS) is 11.0. The zero-order chi connectivity index (χ0) is 12.5. The van der Waals surface area contributed by atoms with Gasteiger partial charge in [0, 0.05) is 11.6 Å². The van der Waals surface area contributed by atoms with E-state index in [1.165, 1.54) is 5.69 Å². The van der Waals surface area contributed by atoms with Gasteiger partial charge in [-0.1, -0.05) is 0 Å². The summed E-state index contributed by atoms with van der Waals surface area (Å²) in [5.74, 6) is 0. The molecular formula is C12H11BrN4S. The molecule has 0 unspecified atom stereocenters. The second-order valence-electron chi connectivity index (χ2n) is 3.92. The Hall–Kier alpha value is -1.40. The first kappa shape index (κ1) is 11.7. The summed E-state index contributed by atoms with van der Waals surface area (Å²) in [6.45, 7) is 2.78. The van der Waals surface area contributed by atoms with E-state index in [1.807, 2.05) is 30.6 Å². The quantitative estimate of drug-likeness (QED) is 0.751. The van der Waals surface area contributed by atoms with Crippen molar-refractivity contribution in [1.82, 2.24) is 14.4 Å². The highest BCUT2D eigenvalue weighted by atomic mass is 79.9. The molecule has 4 nitrogen and oxygen atoms in total. The lowest BCUT2D eigenvalue weighted by Gasteiger charge is -2.06. The molecule has 0 aliphatic rings. The molecule has 18 heavy (non-hydrogen) atoms. The molecule has 3 aromatic rings. The third kappa shape index (κ3) is 2.13. The third-order valence-corrected chi connectivity index (χ3v) is 3.97. The van der Waals surface area contributed by atoms with Gasteiger partial charge in [0.1, 0.15) is 4.60 Å². The summed E-state index contributed by atoms with van der Waals surface area (Å²) in [6, 6.07) is 3.92. The zero-order valence-electron chi connectivity index (χ0n) is 9.72. The van der Waals surface area contributed by atoms with Crippen molar-refractivity contribution in [1.29, 1.82) is 0 Å². The predicted octanol–water partition coefficient (Wildman–Crippen LogP) is 3.47. The first-order valence-corrected chi connectivity index (χ1v) is 7.18. The van der Waals surface area contributed by atoms with Crippen molar-refractivity contribution in [3.05, 3.63) is 45.9 Å². The zero-order valence-corrected chi connectivity index (χ0v) is 12.1. The van der Waals surface area contributed by atoms with Gasteiger partial charge in [0.25, 0.3) is 0 Å². The third-order valence-electron chi connectivity index (χ3n) is 2.75. The van der Waals surface area contributed by atoms with E-state index in [4.69, 9.17) is 0 Å². The van der Waals surface area contributed by atoms with Crippen LogP contribution >= 0.6 is 27.3 Å². The Morgan fingerprint density at radius 1 is 1.44 bits per heavy atom. The Morgan fingerprint density at radius 2 is 2.33 bits per heavy atom. The molecule has 0 saturated carbocycles. The van der Waals surface area contributed by atoms with Gasteiger partial charge in [0.15, 0.2) is 4.96 Å². The molecule has 0 radical (unpaired) electrons. The number of fused-ring (bicyclic) bond motifs is 1. The summed E-state index contributed by atoms with van der Waals surface area (Å²) >= 11 is 4.97. The Labute approximate surface area is 117 Å². The Kier molecular flexibility index (Phi) is 3.05. The second-order valence-corrected chi connectivity index (χ2v) is 5.61. The average Bonchev–Trinajstić information content (AvgIpc) is 2.90. The summed E-state index contributed by atoms with van der Waals surface area (Å²) < 4.78 is 2.97. The molecule has 6 heteroatoms. The van der Waals surface area contributed by atoms with Crippen LogP contribution in [0.1, 0.15) is 11.4 Å². The van der Waals surface area contributed by atoms with Crippen molar-refractivity contribution in [2.45, 2.75) is 13.5 Å². The van der Waals surface area contributed by atoms with Gasteiger partial charge >= 0.3 is 0 Å². The van der Waals surface area contributed by atoms with E-state index in [9.17, 15) is 0 Å². The summed E-state index contributed by atoms with van der Waals surface area (Å²) in [5, 5.41) is 5.41. The summed E-state index contributed by atoms with van der Waals surface area (Å²) in [7, 11) is 0. The first-order valence-electron chi connectivity index (χ1n) is 5.50. The van der Waals surface area contributed by atoms with E-state index < -0.39 is 0 Å². The first-order chi connectivity index (χ1) is 8.74. The van der Waals surface area contributed by atoms with Crippen LogP contribution in [0.2, 0.25) is 0 Å². The molecule has 1 N–H and O–H groups in total. The van der Waals surface area contributed by atoms with E-state index >= 15 is 0 Å². The number of rotatable bonds is 3. The van der Waals surface area contributed by atoms with Crippen LogP contribution < -0.4 is 5.32 Å². The van der Waals surface area contributed by atoms with Crippen molar-refractivity contribution in [2.24, 2.45) is 0 Å². The highest BCUT2D eigenvalue weighted by molar-refractivity contribution is 9.10. The van der Waals surface area contributed by atoms with Gasteiger partial charge in [0.05, 0.1) is 29.8 Å². The van der Waals surface area contributed by atoms with Crippen LogP contribution in [0.4, 0.5) is 5.69 Å². The van der Waals surface area contributed by atoms with Crippen LogP contribution in [-0.4, -0.2) is 14.4 Å². The molecule has 0 aliphatic carbocycles. The van der Waals surface area contributed by atoms with E-state index in [-0.39, 0.29) is 0 Å². The van der Waals surface area contributed by atoms with Crippen molar-refractivity contribution in [3.63, 3.8) is 0 Å². The molecular weight excluding hydrogens is 312 g/mol. The molecule has 92 valence electrons. The molecule has 0 saturated heterocycles. The molecule has 0 fully saturated rings. The number of hydrogen-bond donors (Lipinski definition) is 1. The fourth-order valence-electron chi connectivity index (χ4n) is 1.82. The number of anilines is 1. The number of nitrogens with zero attached hydrogens (tertiary/aromatic N) is 3. The van der Waals surface area contributed by atoms with Gasteiger partial charge in [0.2, 0.25) is 0 Å². The van der Waals surface area contributed by atoms with Gasteiger partial charge in [-0.2, -0.15) is 0 Å². The standard InChI is InChI=1S/C12H11BrN4S/c1-8-10(17-4-5-18-12(17)16-8)7-14-9-2-3-11(13)15-6-9/h2-6,14H,7H2,1H3. The van der Waals surface area contributed by atoms with Crippen LogP contribution in [0, 0.1) is 6.92 Å². The van der Waals surface area contributed by atoms with Crippen LogP contribution in [-0.2, 0) is 6.54 Å². The van der Waals surface area contributed by atoms with Gasteiger partial charge in [-0.3, -0.25) is 4.40 Å². The number of aromatic nitrogens is 3. The fraction of sp³-hybridized carbons (Fsp3) is 0.167. The van der Waals surface area contributed by atoms with Gasteiger partial charge < -0.3 is 5.32 Å². The van der Waals surface area contributed by atoms with E-state index in [0.717, 1.165) is 27.5 Å². The van der Waals surface area contributed by atoms with Crippen molar-refractivity contribution in [2.75, 3.05) is 5.32 Å². The van der Waals surface area contributed by atoms with Gasteiger partial charge in [-0.05, 0) is 35.0 Å². The highest BCUT2D eigenvalue weighted by Gasteiger charge is 2.08. The SMILES string of the molecule is Cc1nc2sccn2c1CNc1ccc(Br)nc1. The molecule has 0 atom stereocenters. The predicted molar refractivity (Wildman–Crippen MR) is 77.1 cm³/mol. The molecule has 0 spiro atoms. The molecule has 3 heterocycles. The summed E-state index contributed by atoms with van der Waals surface area (Å²) in [4.78, 5) is 9.75. The van der Waals surface area contributed by atoms with Crippen LogP contribution in [0.25, 0.3) is 4.96 Å². The van der Waals surface area contributed by atoms with Crippen LogP contribution in [0.5, 0.6) is 0 Å². The fourth-order valence-corrected chi connectivity index (χ4v) is 2.83. The summed E-state index contributed by atoms with van der Waals surface area (Å²) in [5.41, 5.74) is 3.26. The Balaban J connectivity index is 1.82. The minimum Gasteiger partial charge on any atom is -0.378 e. The minimum atomic E-state index is 0.743. The van der Waals surface area contributed by atoms with Crippen molar-refractivity contribution >= 4 is 37.9 Å². The molecule has 3 aromatic heterocycles. The summed E-state index contributed by atoms with van der Waals surface area (Å²) in [6.07, 6.45) is 3.86. The lowest BCUT2D eigenvalue weighted by atomic mass is 10.3. The minimum absolute atomic E-state index is 0.743. The largest absolute Gasteiger partial charge is 0.378 e. The monoisotopic (exact) mass is 322 g/mol. The molecule has 0 aliphatic heterocycles. The number of nitrogens with one attached hydrogen (secondary N) is 1. The number of halogens is 1. The molecule has 0 bridgehead atoms. The second kappa shape index (κ2) is 4.70. The van der Waals surface area contributed by atoms with Crippen LogP contribution in [0.15, 0.2) is 34.5 Å². The maximum Gasteiger partial charge on any atom is 0.194 e. The molecule has 0 aromatic carbocycles. The number of pyridine rings is 1. The van der Waals surface area contributed by atoms with E-state index in [1.54, 1.807) is 11.3 Å². The van der Waals surface area contributed by atoms with E-state index in [0.29, 0.717) is 0 Å². The number of hydrogen-bond acceptors (Lipinski definition) is 4. The Bertz CT molecular complexity index is 671. The smallest absolute Gasteiger partial charge is 0.194 e. The van der Waals surface area contributed by atoms with Gasteiger partial charge in [-0.15, -0.1) is 11.3 Å². The maximum absolute atomic E-state index is 4.52. The van der Waals surface area contributed by atoms with E-state index in [2.05, 4.69) is 41.8 Å². The average molecular weight is 323 g/mol. The van der Waals surface area contributed by atoms with Crippen molar-refractivity contribution < 1.29 is 0 Å². The molecule has 3 rings (SSSR count). The topological polar surface area (TPSA) is 42.2 Å². The Morgan fingerprint density at radius 3 is 3.11 bits per heavy atom. The lowest BCUT2D eigenvalue weighted by molar-refractivity contribution is 0.992.